The summed E-state index contributed by atoms with van der Waals surface area (Å²) >= 11 is 0. The Hall–Kier alpha value is -2.36. The first kappa shape index (κ1) is 16.5. The fourth-order valence-electron chi connectivity index (χ4n) is 3.95. The van der Waals surface area contributed by atoms with Gasteiger partial charge in [-0.15, -0.1) is 0 Å². The Kier molecular flexibility index (Phi) is 4.31. The fraction of sp³-hybridized carbons (Fsp3) is 0.400. The zero-order valence-electron chi connectivity index (χ0n) is 14.1. The minimum absolute atomic E-state index is 0.0676. The van der Waals surface area contributed by atoms with Crippen LogP contribution in [0.25, 0.3) is 0 Å². The van der Waals surface area contributed by atoms with Crippen molar-refractivity contribution in [2.75, 3.05) is 13.2 Å². The third-order valence-electron chi connectivity index (χ3n) is 5.01. The minimum Gasteiger partial charge on any atom is -0.498 e. The first-order valence-corrected chi connectivity index (χ1v) is 8.36. The second-order valence-corrected chi connectivity index (χ2v) is 6.19. The van der Waals surface area contributed by atoms with Gasteiger partial charge in [-0.25, -0.2) is 0 Å². The van der Waals surface area contributed by atoms with E-state index in [1.54, 1.807) is 6.92 Å². The van der Waals surface area contributed by atoms with E-state index < -0.39 is 11.4 Å². The molecule has 0 radical (unpaired) electrons. The maximum Gasteiger partial charge on any atom is 0.324 e. The number of ether oxygens (including phenoxy) is 2. The first-order chi connectivity index (χ1) is 11.6. The molecule has 4 heteroatoms. The summed E-state index contributed by atoms with van der Waals surface area (Å²) in [6.07, 6.45) is 1.84. The molecule has 3 rings (SSSR count). The van der Waals surface area contributed by atoms with Gasteiger partial charge in [0.25, 0.3) is 0 Å². The van der Waals surface area contributed by atoms with Crippen LogP contribution in [0.3, 0.4) is 0 Å². The highest BCUT2D eigenvalue weighted by molar-refractivity contribution is 6.14. The lowest BCUT2D eigenvalue weighted by atomic mass is 9.75. The standard InChI is InChI=1S/C20H22O4/c1-4-23-16-11-17(21)20(19(22)24-5-2)12-15(16)18(13(20)3)14-9-7-6-8-10-14/h6-11,15,18H,3-5,12H2,1-2H3/t15-,18+,20+/m0/s1. The summed E-state index contributed by atoms with van der Waals surface area (Å²) in [6.45, 7) is 8.52. The van der Waals surface area contributed by atoms with Gasteiger partial charge in [-0.3, -0.25) is 9.59 Å². The Morgan fingerprint density at radius 1 is 1.25 bits per heavy atom. The SMILES string of the molecule is C=C1[C@H](c2ccccc2)[C@H]2C[C@]1(C(=O)OCC)C(=O)C=C2OCC. The maximum absolute atomic E-state index is 12.8. The quantitative estimate of drug-likeness (QED) is 0.473. The van der Waals surface area contributed by atoms with Crippen molar-refractivity contribution < 1.29 is 19.1 Å². The van der Waals surface area contributed by atoms with E-state index in [0.717, 1.165) is 5.56 Å². The van der Waals surface area contributed by atoms with Crippen LogP contribution in [0.5, 0.6) is 0 Å². The van der Waals surface area contributed by atoms with E-state index in [9.17, 15) is 9.59 Å². The number of carbonyl (C=O) groups is 2. The Bertz CT molecular complexity index is 704. The van der Waals surface area contributed by atoms with Crippen LogP contribution in [0.4, 0.5) is 0 Å². The second-order valence-electron chi connectivity index (χ2n) is 6.19. The summed E-state index contributed by atoms with van der Waals surface area (Å²) in [4.78, 5) is 25.5. The second kappa shape index (κ2) is 6.27. The molecule has 0 spiro atoms. The monoisotopic (exact) mass is 326 g/mol. The van der Waals surface area contributed by atoms with Gasteiger partial charge < -0.3 is 9.47 Å². The molecule has 0 unspecified atom stereocenters. The smallest absolute Gasteiger partial charge is 0.324 e. The van der Waals surface area contributed by atoms with Crippen molar-refractivity contribution in [3.63, 3.8) is 0 Å². The van der Waals surface area contributed by atoms with Gasteiger partial charge in [0, 0.05) is 17.9 Å². The molecule has 0 amide bonds. The van der Waals surface area contributed by atoms with Crippen LogP contribution < -0.4 is 0 Å². The van der Waals surface area contributed by atoms with Crippen molar-refractivity contribution in [1.82, 2.24) is 0 Å². The van der Waals surface area contributed by atoms with Crippen molar-refractivity contribution in [1.29, 1.82) is 0 Å². The number of hydrogen-bond acceptors (Lipinski definition) is 4. The first-order valence-electron chi connectivity index (χ1n) is 8.36. The largest absolute Gasteiger partial charge is 0.498 e. The van der Waals surface area contributed by atoms with E-state index >= 15 is 0 Å². The highest BCUT2D eigenvalue weighted by atomic mass is 16.5. The molecule has 0 heterocycles. The topological polar surface area (TPSA) is 52.6 Å². The van der Waals surface area contributed by atoms with Gasteiger partial charge in [0.2, 0.25) is 0 Å². The molecule has 3 atom stereocenters. The molecule has 0 aliphatic heterocycles. The van der Waals surface area contributed by atoms with Crippen molar-refractivity contribution in [3.8, 4) is 0 Å². The number of carbonyl (C=O) groups excluding carboxylic acids is 2. The van der Waals surface area contributed by atoms with Gasteiger partial charge in [0.05, 0.1) is 13.2 Å². The number of benzene rings is 1. The van der Waals surface area contributed by atoms with Crippen LogP contribution >= 0.6 is 0 Å². The molecule has 1 saturated carbocycles. The third kappa shape index (κ3) is 2.29. The van der Waals surface area contributed by atoms with Crippen LogP contribution in [0.2, 0.25) is 0 Å². The summed E-state index contributed by atoms with van der Waals surface area (Å²) < 4.78 is 10.9. The van der Waals surface area contributed by atoms with Crippen molar-refractivity contribution >= 4 is 11.8 Å². The molecule has 2 aliphatic rings. The molecule has 4 nitrogen and oxygen atoms in total. The Balaban J connectivity index is 2.11. The van der Waals surface area contributed by atoms with Crippen LogP contribution in [0.15, 0.2) is 54.3 Å². The normalized spacial score (nSPS) is 28.5. The van der Waals surface area contributed by atoms with E-state index in [2.05, 4.69) is 6.58 Å². The van der Waals surface area contributed by atoms with E-state index in [1.165, 1.54) is 6.08 Å². The lowest BCUT2D eigenvalue weighted by Gasteiger charge is -2.28. The zero-order chi connectivity index (χ0) is 17.3. The maximum atomic E-state index is 12.8. The number of rotatable bonds is 5. The number of allylic oxidation sites excluding steroid dienone is 2. The van der Waals surface area contributed by atoms with E-state index in [1.807, 2.05) is 37.3 Å². The minimum atomic E-state index is -1.28. The summed E-state index contributed by atoms with van der Waals surface area (Å²) in [7, 11) is 0. The Labute approximate surface area is 142 Å². The summed E-state index contributed by atoms with van der Waals surface area (Å²) in [6, 6.07) is 9.85. The average Bonchev–Trinajstić information content (AvgIpc) is 2.85. The number of hydrogen-bond donors (Lipinski definition) is 0. The van der Waals surface area contributed by atoms with Crippen LogP contribution in [0.1, 0.15) is 31.7 Å². The predicted molar refractivity (Wildman–Crippen MR) is 90.2 cm³/mol. The van der Waals surface area contributed by atoms with Crippen molar-refractivity contribution in [2.24, 2.45) is 11.3 Å². The van der Waals surface area contributed by atoms with Gasteiger partial charge in [-0.2, -0.15) is 0 Å². The van der Waals surface area contributed by atoms with Gasteiger partial charge >= 0.3 is 5.97 Å². The van der Waals surface area contributed by atoms with Crippen LogP contribution in [-0.2, 0) is 19.1 Å². The van der Waals surface area contributed by atoms with E-state index in [0.29, 0.717) is 24.4 Å². The highest BCUT2D eigenvalue weighted by Crippen LogP contribution is 2.59. The molecule has 1 aromatic carbocycles. The number of fused-ring (bicyclic) bond motifs is 2. The molecule has 1 aromatic rings. The lowest BCUT2D eigenvalue weighted by Crippen LogP contribution is -2.41. The summed E-state index contributed by atoms with van der Waals surface area (Å²) in [5.41, 5.74) is 0.383. The average molecular weight is 326 g/mol. The molecule has 2 bridgehead atoms. The predicted octanol–water partition coefficient (Wildman–Crippen LogP) is 3.40. The van der Waals surface area contributed by atoms with Crippen molar-refractivity contribution in [2.45, 2.75) is 26.2 Å². The highest BCUT2D eigenvalue weighted by Gasteiger charge is 2.62. The Morgan fingerprint density at radius 2 is 1.96 bits per heavy atom. The van der Waals surface area contributed by atoms with E-state index in [-0.39, 0.29) is 24.2 Å². The summed E-state index contributed by atoms with van der Waals surface area (Å²) in [5.74, 6) is -0.309. The molecule has 0 aromatic heterocycles. The summed E-state index contributed by atoms with van der Waals surface area (Å²) in [5, 5.41) is 0. The Morgan fingerprint density at radius 3 is 2.58 bits per heavy atom. The third-order valence-corrected chi connectivity index (χ3v) is 5.01. The van der Waals surface area contributed by atoms with Crippen LogP contribution in [-0.4, -0.2) is 25.0 Å². The van der Waals surface area contributed by atoms with Gasteiger partial charge in [0.15, 0.2) is 11.2 Å². The molecule has 0 saturated heterocycles. The molecular formula is C20H22O4. The molecular weight excluding hydrogens is 304 g/mol. The zero-order valence-corrected chi connectivity index (χ0v) is 14.1. The number of ketones is 1. The number of esters is 1. The van der Waals surface area contributed by atoms with Gasteiger partial charge in [-0.05, 0) is 31.4 Å². The van der Waals surface area contributed by atoms with Crippen LogP contribution in [0, 0.1) is 11.3 Å². The molecule has 0 N–H and O–H groups in total. The van der Waals surface area contributed by atoms with Crippen molar-refractivity contribution in [3.05, 3.63) is 59.9 Å². The van der Waals surface area contributed by atoms with Gasteiger partial charge in [0.1, 0.15) is 5.76 Å². The van der Waals surface area contributed by atoms with Gasteiger partial charge in [-0.1, -0.05) is 36.9 Å². The lowest BCUT2D eigenvalue weighted by molar-refractivity contribution is -0.156. The molecule has 126 valence electrons. The molecule has 1 fully saturated rings. The fourth-order valence-corrected chi connectivity index (χ4v) is 3.95. The van der Waals surface area contributed by atoms with E-state index in [4.69, 9.17) is 9.47 Å². The molecule has 2 aliphatic carbocycles. The molecule has 24 heavy (non-hydrogen) atoms.